The van der Waals surface area contributed by atoms with E-state index in [1.165, 1.54) is 50.7 Å². The van der Waals surface area contributed by atoms with E-state index >= 15 is 0 Å². The Bertz CT molecular complexity index is 358. The lowest BCUT2D eigenvalue weighted by atomic mass is 10.0. The maximum absolute atomic E-state index is 11.6. The van der Waals surface area contributed by atoms with Crippen LogP contribution in [-0.2, 0) is 9.59 Å². The fraction of sp³-hybridized carbons (Fsp3) is 0.667. The van der Waals surface area contributed by atoms with Gasteiger partial charge in [-0.1, -0.05) is 76.5 Å². The highest BCUT2D eigenvalue weighted by Gasteiger charge is 2.12. The molecule has 0 rings (SSSR count). The second kappa shape index (κ2) is 14.5. The van der Waals surface area contributed by atoms with Crippen LogP contribution in [0.1, 0.15) is 71.1 Å². The van der Waals surface area contributed by atoms with E-state index in [-0.39, 0.29) is 12.2 Å². The van der Waals surface area contributed by atoms with Gasteiger partial charge in [-0.05, 0) is 6.42 Å². The van der Waals surface area contributed by atoms with Crippen molar-refractivity contribution < 1.29 is 19.8 Å². The molecule has 0 amide bonds. The van der Waals surface area contributed by atoms with Gasteiger partial charge in [-0.2, -0.15) is 0 Å². The van der Waals surface area contributed by atoms with Gasteiger partial charge in [-0.3, -0.25) is 4.79 Å². The first kappa shape index (κ1) is 20.6. The molecular weight excluding hydrogens is 280 g/mol. The molecule has 0 spiro atoms. The summed E-state index contributed by atoms with van der Waals surface area (Å²) in [6.07, 6.45) is 14.7. The van der Waals surface area contributed by atoms with Gasteiger partial charge in [-0.15, -0.1) is 0 Å². The van der Waals surface area contributed by atoms with Gasteiger partial charge in [-0.25, -0.2) is 4.79 Å². The van der Waals surface area contributed by atoms with Crippen LogP contribution in [0.2, 0.25) is 0 Å². The van der Waals surface area contributed by atoms with Crippen molar-refractivity contribution in [2.24, 2.45) is 0 Å². The van der Waals surface area contributed by atoms with Crippen molar-refractivity contribution in [3.8, 4) is 0 Å². The number of carboxylic acids is 1. The Labute approximate surface area is 133 Å². The zero-order valence-corrected chi connectivity index (χ0v) is 13.7. The Hall–Kier alpha value is -1.42. The molecular formula is C18H30O4. The Morgan fingerprint density at radius 2 is 1.55 bits per heavy atom. The largest absolute Gasteiger partial charge is 0.478 e. The van der Waals surface area contributed by atoms with Crippen LogP contribution in [0.4, 0.5) is 0 Å². The summed E-state index contributed by atoms with van der Waals surface area (Å²) in [5.41, 5.74) is 0. The highest BCUT2D eigenvalue weighted by molar-refractivity contribution is 5.84. The SMILES string of the molecule is CCCCCCCCCCC(O)C(=O)CC=CC=CC(=O)O. The number of allylic oxidation sites excluding steroid dienone is 3. The molecule has 1 unspecified atom stereocenters. The lowest BCUT2D eigenvalue weighted by Crippen LogP contribution is -2.19. The van der Waals surface area contributed by atoms with Crippen LogP contribution in [0.3, 0.4) is 0 Å². The monoisotopic (exact) mass is 310 g/mol. The smallest absolute Gasteiger partial charge is 0.328 e. The van der Waals surface area contributed by atoms with E-state index in [9.17, 15) is 14.7 Å². The normalized spacial score (nSPS) is 13.0. The van der Waals surface area contributed by atoms with Crippen LogP contribution in [0.25, 0.3) is 0 Å². The third-order valence-electron chi connectivity index (χ3n) is 3.51. The fourth-order valence-corrected chi connectivity index (χ4v) is 2.17. The van der Waals surface area contributed by atoms with Gasteiger partial charge in [0.2, 0.25) is 0 Å². The van der Waals surface area contributed by atoms with Crippen molar-refractivity contribution in [2.75, 3.05) is 0 Å². The van der Waals surface area contributed by atoms with Crippen molar-refractivity contribution in [1.29, 1.82) is 0 Å². The molecule has 22 heavy (non-hydrogen) atoms. The molecule has 0 aliphatic rings. The highest BCUT2D eigenvalue weighted by Crippen LogP contribution is 2.11. The molecule has 4 nitrogen and oxygen atoms in total. The Morgan fingerprint density at radius 1 is 0.955 bits per heavy atom. The lowest BCUT2D eigenvalue weighted by Gasteiger charge is -2.08. The molecule has 126 valence electrons. The second-order valence-electron chi connectivity index (χ2n) is 5.58. The van der Waals surface area contributed by atoms with Crippen LogP contribution < -0.4 is 0 Å². The second-order valence-corrected chi connectivity index (χ2v) is 5.58. The van der Waals surface area contributed by atoms with Gasteiger partial charge in [0.25, 0.3) is 0 Å². The van der Waals surface area contributed by atoms with Gasteiger partial charge in [0.1, 0.15) is 6.10 Å². The number of carbonyl (C=O) groups excluding carboxylic acids is 1. The topological polar surface area (TPSA) is 74.6 Å². The number of aliphatic hydroxyl groups excluding tert-OH is 1. The van der Waals surface area contributed by atoms with E-state index in [0.29, 0.717) is 6.42 Å². The Kier molecular flexibility index (Phi) is 13.6. The van der Waals surface area contributed by atoms with Gasteiger partial charge in [0, 0.05) is 12.5 Å². The maximum Gasteiger partial charge on any atom is 0.328 e. The number of carboxylic acid groups (broad SMARTS) is 1. The molecule has 0 aliphatic carbocycles. The maximum atomic E-state index is 11.6. The molecule has 2 N–H and O–H groups in total. The third kappa shape index (κ3) is 13.6. The number of Topliss-reactive ketones (excluding diaryl/α,β-unsaturated/α-hetero) is 1. The summed E-state index contributed by atoms with van der Waals surface area (Å²) < 4.78 is 0. The molecule has 1 atom stereocenters. The molecule has 0 bridgehead atoms. The molecule has 0 aromatic heterocycles. The third-order valence-corrected chi connectivity index (χ3v) is 3.51. The Balaban J connectivity index is 3.59. The van der Waals surface area contributed by atoms with E-state index < -0.39 is 12.1 Å². The molecule has 4 heteroatoms. The number of rotatable bonds is 14. The molecule has 0 saturated carbocycles. The quantitative estimate of drug-likeness (QED) is 0.288. The summed E-state index contributed by atoms with van der Waals surface area (Å²) in [6.45, 7) is 2.20. The molecule has 0 radical (unpaired) electrons. The highest BCUT2D eigenvalue weighted by atomic mass is 16.4. The average molecular weight is 310 g/mol. The Morgan fingerprint density at radius 3 is 2.14 bits per heavy atom. The van der Waals surface area contributed by atoms with E-state index in [1.54, 1.807) is 6.08 Å². The first-order valence-electron chi connectivity index (χ1n) is 8.34. The summed E-state index contributed by atoms with van der Waals surface area (Å²) in [5.74, 6) is -1.23. The van der Waals surface area contributed by atoms with Crippen LogP contribution in [0, 0.1) is 0 Å². The predicted molar refractivity (Wildman–Crippen MR) is 88.8 cm³/mol. The number of aliphatic carboxylic acids is 1. The standard InChI is InChI=1S/C18H30O4/c1-2-3-4-5-6-7-8-10-13-16(19)17(20)14-11-9-12-15-18(21)22/h9,11-12,15-16,19H,2-8,10,13-14H2,1H3,(H,21,22). The van der Waals surface area contributed by atoms with E-state index in [2.05, 4.69) is 6.92 Å². The fourth-order valence-electron chi connectivity index (χ4n) is 2.17. The van der Waals surface area contributed by atoms with Crippen LogP contribution in [0.15, 0.2) is 24.3 Å². The zero-order valence-electron chi connectivity index (χ0n) is 13.7. The molecule has 0 aromatic rings. The van der Waals surface area contributed by atoms with Crippen molar-refractivity contribution >= 4 is 11.8 Å². The van der Waals surface area contributed by atoms with Gasteiger partial charge in [0.15, 0.2) is 5.78 Å². The van der Waals surface area contributed by atoms with Crippen molar-refractivity contribution in [3.05, 3.63) is 24.3 Å². The molecule has 0 fully saturated rings. The van der Waals surface area contributed by atoms with Gasteiger partial charge in [0.05, 0.1) is 0 Å². The first-order valence-corrected chi connectivity index (χ1v) is 8.34. The van der Waals surface area contributed by atoms with Crippen LogP contribution in [-0.4, -0.2) is 28.1 Å². The molecule has 0 saturated heterocycles. The van der Waals surface area contributed by atoms with Crippen LogP contribution in [0.5, 0.6) is 0 Å². The molecule has 0 aliphatic heterocycles. The van der Waals surface area contributed by atoms with Crippen molar-refractivity contribution in [1.82, 2.24) is 0 Å². The minimum absolute atomic E-state index is 0.141. The van der Waals surface area contributed by atoms with E-state index in [4.69, 9.17) is 5.11 Å². The minimum Gasteiger partial charge on any atom is -0.478 e. The molecule has 0 aromatic carbocycles. The summed E-state index contributed by atoms with van der Waals surface area (Å²) in [6, 6.07) is 0. The average Bonchev–Trinajstić information content (AvgIpc) is 2.48. The van der Waals surface area contributed by atoms with Crippen molar-refractivity contribution in [2.45, 2.75) is 77.2 Å². The first-order chi connectivity index (χ1) is 10.6. The van der Waals surface area contributed by atoms with Gasteiger partial charge >= 0.3 is 5.97 Å². The minimum atomic E-state index is -1.02. The number of hydrogen-bond acceptors (Lipinski definition) is 3. The molecule has 0 heterocycles. The number of unbranched alkanes of at least 4 members (excludes halogenated alkanes) is 7. The number of aliphatic hydroxyl groups is 1. The van der Waals surface area contributed by atoms with E-state index in [1.807, 2.05) is 0 Å². The summed E-state index contributed by atoms with van der Waals surface area (Å²) >= 11 is 0. The summed E-state index contributed by atoms with van der Waals surface area (Å²) in [5, 5.41) is 18.1. The number of ketones is 1. The lowest BCUT2D eigenvalue weighted by molar-refractivity contribution is -0.131. The summed E-state index contributed by atoms with van der Waals surface area (Å²) in [7, 11) is 0. The number of hydrogen-bond donors (Lipinski definition) is 2. The van der Waals surface area contributed by atoms with Crippen LogP contribution >= 0.6 is 0 Å². The van der Waals surface area contributed by atoms with Crippen molar-refractivity contribution in [3.63, 3.8) is 0 Å². The summed E-state index contributed by atoms with van der Waals surface area (Å²) in [4.78, 5) is 21.9. The van der Waals surface area contributed by atoms with Gasteiger partial charge < -0.3 is 10.2 Å². The number of carbonyl (C=O) groups is 2. The predicted octanol–water partition coefficient (Wildman–Crippen LogP) is 4.03. The zero-order chi connectivity index (χ0) is 16.6. The van der Waals surface area contributed by atoms with E-state index in [0.717, 1.165) is 18.9 Å².